The van der Waals surface area contributed by atoms with E-state index < -0.39 is 22.0 Å². The molecule has 3 aromatic rings. The van der Waals surface area contributed by atoms with Crippen molar-refractivity contribution >= 4 is 33.2 Å². The van der Waals surface area contributed by atoms with Gasteiger partial charge in [0.25, 0.3) is 0 Å². The Morgan fingerprint density at radius 3 is 2.13 bits per heavy atom. The van der Waals surface area contributed by atoms with Gasteiger partial charge in [-0.3, -0.25) is 4.79 Å². The molecule has 5 nitrogen and oxygen atoms in total. The molecule has 1 unspecified atom stereocenters. The molecule has 0 aromatic heterocycles. The van der Waals surface area contributed by atoms with E-state index in [0.29, 0.717) is 10.7 Å². The van der Waals surface area contributed by atoms with E-state index in [1.807, 2.05) is 62.4 Å². The minimum Gasteiger partial charge on any atom is -0.325 e. The van der Waals surface area contributed by atoms with E-state index in [1.54, 1.807) is 0 Å². The summed E-state index contributed by atoms with van der Waals surface area (Å²) in [5, 5.41) is 3.27. The molecule has 0 saturated heterocycles. The van der Waals surface area contributed by atoms with Crippen molar-refractivity contribution in [2.45, 2.75) is 31.2 Å². The first kappa shape index (κ1) is 22.0. The summed E-state index contributed by atoms with van der Waals surface area (Å²) in [6.45, 7) is 3.88. The number of rotatable bonds is 7. The predicted molar refractivity (Wildman–Crippen MR) is 120 cm³/mol. The van der Waals surface area contributed by atoms with Gasteiger partial charge in [-0.15, -0.1) is 0 Å². The molecule has 7 heteroatoms. The first-order chi connectivity index (χ1) is 14.2. The SMILES string of the molecule is Cc1cc(C)cc(NC(=O)C(Cc2ccccc2)NS(=O)(=O)c2ccc(Cl)cc2)c1. The molecule has 0 aliphatic rings. The molecule has 0 fully saturated rings. The van der Waals surface area contributed by atoms with E-state index in [4.69, 9.17) is 11.6 Å². The van der Waals surface area contributed by atoms with Gasteiger partial charge in [-0.05, 0) is 73.4 Å². The number of aryl methyl sites for hydroxylation is 2. The van der Waals surface area contributed by atoms with Crippen LogP contribution in [0.25, 0.3) is 0 Å². The molecule has 0 spiro atoms. The number of hydrogen-bond donors (Lipinski definition) is 2. The van der Waals surface area contributed by atoms with Crippen molar-refractivity contribution in [2.24, 2.45) is 0 Å². The average Bonchev–Trinajstić information content (AvgIpc) is 2.67. The van der Waals surface area contributed by atoms with E-state index in [1.165, 1.54) is 24.3 Å². The molecule has 2 N–H and O–H groups in total. The maximum Gasteiger partial charge on any atom is 0.242 e. The van der Waals surface area contributed by atoms with Gasteiger partial charge in [0.2, 0.25) is 15.9 Å². The van der Waals surface area contributed by atoms with Gasteiger partial charge in [-0.1, -0.05) is 48.0 Å². The van der Waals surface area contributed by atoms with Gasteiger partial charge in [-0.25, -0.2) is 8.42 Å². The highest BCUT2D eigenvalue weighted by atomic mass is 35.5. The molecule has 0 aliphatic heterocycles. The monoisotopic (exact) mass is 442 g/mol. The second-order valence-electron chi connectivity index (χ2n) is 7.18. The van der Waals surface area contributed by atoms with Crippen molar-refractivity contribution in [3.05, 3.63) is 94.5 Å². The third-order valence-corrected chi connectivity index (χ3v) is 6.25. The van der Waals surface area contributed by atoms with Gasteiger partial charge in [0.1, 0.15) is 6.04 Å². The van der Waals surface area contributed by atoms with Crippen LogP contribution in [0.4, 0.5) is 5.69 Å². The van der Waals surface area contributed by atoms with Crippen LogP contribution in [-0.2, 0) is 21.2 Å². The number of amides is 1. The second-order valence-corrected chi connectivity index (χ2v) is 9.33. The highest BCUT2D eigenvalue weighted by Crippen LogP contribution is 2.17. The Bertz CT molecular complexity index is 1110. The number of anilines is 1. The lowest BCUT2D eigenvalue weighted by Gasteiger charge is -2.19. The van der Waals surface area contributed by atoms with Gasteiger partial charge in [-0.2, -0.15) is 4.72 Å². The molecule has 1 atom stereocenters. The summed E-state index contributed by atoms with van der Waals surface area (Å²) in [7, 11) is -3.92. The standard InChI is InChI=1S/C23H23ClN2O3S/c1-16-12-17(2)14-20(13-16)25-23(27)22(15-18-6-4-3-5-7-18)26-30(28,29)21-10-8-19(24)9-11-21/h3-14,22,26H,15H2,1-2H3,(H,25,27). The molecular weight excluding hydrogens is 420 g/mol. The summed E-state index contributed by atoms with van der Waals surface area (Å²) in [6.07, 6.45) is 0.213. The lowest BCUT2D eigenvalue weighted by Crippen LogP contribution is -2.45. The van der Waals surface area contributed by atoms with Crippen LogP contribution in [0.1, 0.15) is 16.7 Å². The Hall–Kier alpha value is -2.67. The Morgan fingerprint density at radius 2 is 1.53 bits per heavy atom. The molecule has 156 valence electrons. The molecule has 1 amide bonds. The normalized spacial score (nSPS) is 12.4. The number of carbonyl (C=O) groups excluding carboxylic acids is 1. The van der Waals surface area contributed by atoms with Crippen molar-refractivity contribution in [1.82, 2.24) is 4.72 Å². The summed E-state index contributed by atoms with van der Waals surface area (Å²) in [4.78, 5) is 13.1. The van der Waals surface area contributed by atoms with Crippen molar-refractivity contribution in [2.75, 3.05) is 5.32 Å². The van der Waals surface area contributed by atoms with Gasteiger partial charge < -0.3 is 5.32 Å². The fraction of sp³-hybridized carbons (Fsp3) is 0.174. The van der Waals surface area contributed by atoms with E-state index >= 15 is 0 Å². The maximum atomic E-state index is 13.0. The zero-order valence-corrected chi connectivity index (χ0v) is 18.3. The quantitative estimate of drug-likeness (QED) is 0.566. The van der Waals surface area contributed by atoms with Crippen LogP contribution >= 0.6 is 11.6 Å². The van der Waals surface area contributed by atoms with E-state index in [0.717, 1.165) is 16.7 Å². The van der Waals surface area contributed by atoms with Crippen LogP contribution in [-0.4, -0.2) is 20.4 Å². The molecule has 0 aliphatic carbocycles. The Labute approximate surface area is 182 Å². The van der Waals surface area contributed by atoms with Gasteiger partial charge in [0, 0.05) is 10.7 Å². The molecule has 0 saturated carbocycles. The lowest BCUT2D eigenvalue weighted by molar-refractivity contribution is -0.117. The van der Waals surface area contributed by atoms with Crippen molar-refractivity contribution in [1.29, 1.82) is 0 Å². The van der Waals surface area contributed by atoms with Crippen LogP contribution < -0.4 is 10.0 Å². The third-order valence-electron chi connectivity index (χ3n) is 4.51. The van der Waals surface area contributed by atoms with Gasteiger partial charge >= 0.3 is 0 Å². The minimum absolute atomic E-state index is 0.0455. The second kappa shape index (κ2) is 9.43. The first-order valence-electron chi connectivity index (χ1n) is 9.44. The van der Waals surface area contributed by atoms with Crippen molar-refractivity contribution < 1.29 is 13.2 Å². The van der Waals surface area contributed by atoms with Gasteiger partial charge in [0.15, 0.2) is 0 Å². The summed E-state index contributed by atoms with van der Waals surface area (Å²) in [6, 6.07) is 19.8. The first-order valence-corrected chi connectivity index (χ1v) is 11.3. The fourth-order valence-electron chi connectivity index (χ4n) is 3.18. The number of benzene rings is 3. The van der Waals surface area contributed by atoms with E-state index in [9.17, 15) is 13.2 Å². The van der Waals surface area contributed by atoms with Crippen molar-refractivity contribution in [3.63, 3.8) is 0 Å². The van der Waals surface area contributed by atoms with Crippen LogP contribution in [0, 0.1) is 13.8 Å². The molecule has 0 heterocycles. The average molecular weight is 443 g/mol. The number of nitrogens with one attached hydrogen (secondary N) is 2. The van der Waals surface area contributed by atoms with Crippen molar-refractivity contribution in [3.8, 4) is 0 Å². The highest BCUT2D eigenvalue weighted by Gasteiger charge is 2.26. The van der Waals surface area contributed by atoms with Crippen LogP contribution in [0.5, 0.6) is 0 Å². The molecule has 0 bridgehead atoms. The van der Waals surface area contributed by atoms with Gasteiger partial charge in [0.05, 0.1) is 4.90 Å². The molecule has 30 heavy (non-hydrogen) atoms. The van der Waals surface area contributed by atoms with Crippen LogP contribution in [0.3, 0.4) is 0 Å². The molecule has 3 aromatic carbocycles. The largest absolute Gasteiger partial charge is 0.325 e. The van der Waals surface area contributed by atoms with E-state index in [2.05, 4.69) is 10.0 Å². The summed E-state index contributed by atoms with van der Waals surface area (Å²) in [5.41, 5.74) is 3.48. The van der Waals surface area contributed by atoms with E-state index in [-0.39, 0.29) is 11.3 Å². The number of hydrogen-bond acceptors (Lipinski definition) is 3. The Balaban J connectivity index is 1.87. The van der Waals surface area contributed by atoms with Crippen LogP contribution in [0.15, 0.2) is 77.7 Å². The number of carbonyl (C=O) groups is 1. The lowest BCUT2D eigenvalue weighted by atomic mass is 10.1. The van der Waals surface area contributed by atoms with Crippen LogP contribution in [0.2, 0.25) is 5.02 Å². The summed E-state index contributed by atoms with van der Waals surface area (Å²) >= 11 is 5.86. The highest BCUT2D eigenvalue weighted by molar-refractivity contribution is 7.89. The topological polar surface area (TPSA) is 75.3 Å². The number of sulfonamides is 1. The zero-order valence-electron chi connectivity index (χ0n) is 16.7. The third kappa shape index (κ3) is 5.92. The maximum absolute atomic E-state index is 13.0. The number of halogens is 1. The zero-order chi connectivity index (χ0) is 21.7. The molecular formula is C23H23ClN2O3S. The molecule has 3 rings (SSSR count). The Morgan fingerprint density at radius 1 is 0.933 bits per heavy atom. The Kier molecular flexibility index (Phi) is 6.92. The smallest absolute Gasteiger partial charge is 0.242 e. The fourth-order valence-corrected chi connectivity index (χ4v) is 4.50. The summed E-state index contributed by atoms with van der Waals surface area (Å²) < 4.78 is 28.3. The molecule has 0 radical (unpaired) electrons. The minimum atomic E-state index is -3.92. The predicted octanol–water partition coefficient (Wildman–Crippen LogP) is 4.49. The summed E-state index contributed by atoms with van der Waals surface area (Å²) in [5.74, 6) is -0.429.